The van der Waals surface area contributed by atoms with Gasteiger partial charge in [0.1, 0.15) is 10.8 Å². The maximum Gasteiger partial charge on any atom is 0.224 e. The number of thiazole rings is 1. The molecule has 0 spiro atoms. The van der Waals surface area contributed by atoms with Crippen molar-refractivity contribution in [2.45, 2.75) is 44.7 Å². The zero-order valence-electron chi connectivity index (χ0n) is 20.0. The minimum Gasteiger partial charge on any atom is -0.496 e. The SMILES string of the molecule is COc1ccccc1CCNC(=O)Cc1ccc(N2CCC(NC(C)c3nccs3)CC2)cc1. The zero-order valence-corrected chi connectivity index (χ0v) is 20.8. The van der Waals surface area contributed by atoms with Crippen LogP contribution in [0.5, 0.6) is 5.75 Å². The number of carbonyl (C=O) groups is 1. The number of nitrogens with one attached hydrogen (secondary N) is 2. The molecule has 0 aliphatic carbocycles. The van der Waals surface area contributed by atoms with E-state index in [4.69, 9.17) is 4.74 Å². The summed E-state index contributed by atoms with van der Waals surface area (Å²) >= 11 is 1.71. The number of methoxy groups -OCH3 is 1. The Labute approximate surface area is 206 Å². The molecule has 1 atom stereocenters. The summed E-state index contributed by atoms with van der Waals surface area (Å²) < 4.78 is 5.38. The number of rotatable bonds is 10. The van der Waals surface area contributed by atoms with E-state index in [1.807, 2.05) is 35.8 Å². The summed E-state index contributed by atoms with van der Waals surface area (Å²) in [5.41, 5.74) is 3.37. The van der Waals surface area contributed by atoms with E-state index in [0.29, 0.717) is 25.0 Å². The number of hydrogen-bond acceptors (Lipinski definition) is 6. The van der Waals surface area contributed by atoms with Gasteiger partial charge in [0.05, 0.1) is 19.6 Å². The van der Waals surface area contributed by atoms with Crippen molar-refractivity contribution in [2.24, 2.45) is 0 Å². The first kappa shape index (κ1) is 24.2. The van der Waals surface area contributed by atoms with Crippen molar-refractivity contribution in [2.75, 3.05) is 31.6 Å². The lowest BCUT2D eigenvalue weighted by Gasteiger charge is -2.35. The number of ether oxygens (including phenoxy) is 1. The molecule has 1 aliphatic heterocycles. The van der Waals surface area contributed by atoms with Crippen LogP contribution >= 0.6 is 11.3 Å². The van der Waals surface area contributed by atoms with Crippen molar-refractivity contribution >= 4 is 22.9 Å². The first-order valence-electron chi connectivity index (χ1n) is 12.0. The smallest absolute Gasteiger partial charge is 0.224 e. The van der Waals surface area contributed by atoms with Gasteiger partial charge in [-0.15, -0.1) is 11.3 Å². The fourth-order valence-corrected chi connectivity index (χ4v) is 5.15. The van der Waals surface area contributed by atoms with Gasteiger partial charge < -0.3 is 20.3 Å². The Morgan fingerprint density at radius 3 is 2.65 bits per heavy atom. The number of piperidine rings is 1. The molecule has 7 heteroatoms. The molecule has 2 heterocycles. The van der Waals surface area contributed by atoms with Gasteiger partial charge in [-0.1, -0.05) is 30.3 Å². The number of benzene rings is 2. The van der Waals surface area contributed by atoms with Gasteiger partial charge in [-0.25, -0.2) is 4.98 Å². The van der Waals surface area contributed by atoms with Crippen molar-refractivity contribution < 1.29 is 9.53 Å². The third-order valence-electron chi connectivity index (χ3n) is 6.38. The van der Waals surface area contributed by atoms with E-state index in [-0.39, 0.29) is 5.91 Å². The molecule has 1 fully saturated rings. The van der Waals surface area contributed by atoms with Crippen molar-refractivity contribution in [3.63, 3.8) is 0 Å². The average molecular weight is 479 g/mol. The van der Waals surface area contributed by atoms with Crippen LogP contribution in [0.3, 0.4) is 0 Å². The lowest BCUT2D eigenvalue weighted by atomic mass is 10.0. The van der Waals surface area contributed by atoms with E-state index in [1.165, 1.54) is 5.69 Å². The number of anilines is 1. The third kappa shape index (κ3) is 6.58. The number of aromatic nitrogens is 1. The van der Waals surface area contributed by atoms with E-state index in [1.54, 1.807) is 18.4 Å². The summed E-state index contributed by atoms with van der Waals surface area (Å²) in [6.07, 6.45) is 5.25. The van der Waals surface area contributed by atoms with Crippen LogP contribution in [0.4, 0.5) is 5.69 Å². The number of para-hydroxylation sites is 1. The second-order valence-electron chi connectivity index (χ2n) is 8.78. The van der Waals surface area contributed by atoms with E-state index >= 15 is 0 Å². The Balaban J connectivity index is 1.19. The fraction of sp³-hybridized carbons (Fsp3) is 0.407. The Morgan fingerprint density at radius 2 is 1.94 bits per heavy atom. The molecule has 2 N–H and O–H groups in total. The summed E-state index contributed by atoms with van der Waals surface area (Å²) in [7, 11) is 1.67. The maximum atomic E-state index is 12.4. The molecule has 3 aromatic rings. The molecule has 6 nitrogen and oxygen atoms in total. The Hall–Kier alpha value is -2.90. The van der Waals surface area contributed by atoms with Gasteiger partial charge in [0.25, 0.3) is 0 Å². The summed E-state index contributed by atoms with van der Waals surface area (Å²) in [6, 6.07) is 17.2. The monoisotopic (exact) mass is 478 g/mol. The molecule has 0 bridgehead atoms. The summed E-state index contributed by atoms with van der Waals surface area (Å²) in [6.45, 7) is 4.86. The molecular weight excluding hydrogens is 444 g/mol. The van der Waals surface area contributed by atoms with Crippen LogP contribution in [-0.4, -0.2) is 43.7 Å². The highest BCUT2D eigenvalue weighted by atomic mass is 32.1. The number of hydrogen-bond donors (Lipinski definition) is 2. The van der Waals surface area contributed by atoms with Gasteiger partial charge in [-0.05, 0) is 55.5 Å². The van der Waals surface area contributed by atoms with Crippen LogP contribution in [0.25, 0.3) is 0 Å². The topological polar surface area (TPSA) is 66.5 Å². The second-order valence-corrected chi connectivity index (χ2v) is 9.70. The molecule has 1 unspecified atom stereocenters. The summed E-state index contributed by atoms with van der Waals surface area (Å²) in [5.74, 6) is 0.907. The normalized spacial score (nSPS) is 15.2. The second kappa shape index (κ2) is 12.0. The fourth-order valence-electron chi connectivity index (χ4n) is 4.50. The van der Waals surface area contributed by atoms with Crippen LogP contribution in [0.1, 0.15) is 41.9 Å². The highest BCUT2D eigenvalue weighted by Crippen LogP contribution is 2.23. The van der Waals surface area contributed by atoms with Gasteiger partial charge in [0.15, 0.2) is 0 Å². The van der Waals surface area contributed by atoms with Gasteiger partial charge in [0.2, 0.25) is 5.91 Å². The van der Waals surface area contributed by atoms with E-state index in [9.17, 15) is 4.79 Å². The minimum atomic E-state index is 0.0453. The molecule has 0 saturated carbocycles. The summed E-state index contributed by atoms with van der Waals surface area (Å²) in [5, 5.41) is 9.94. The predicted molar refractivity (Wildman–Crippen MR) is 139 cm³/mol. The quantitative estimate of drug-likeness (QED) is 0.453. The summed E-state index contributed by atoms with van der Waals surface area (Å²) in [4.78, 5) is 19.2. The molecule has 34 heavy (non-hydrogen) atoms. The van der Waals surface area contributed by atoms with Gasteiger partial charge in [-0.3, -0.25) is 4.79 Å². The van der Waals surface area contributed by atoms with Crippen LogP contribution in [0.15, 0.2) is 60.1 Å². The Bertz CT molecular complexity index is 1030. The Morgan fingerprint density at radius 1 is 1.18 bits per heavy atom. The maximum absolute atomic E-state index is 12.4. The van der Waals surface area contributed by atoms with E-state index in [0.717, 1.165) is 54.2 Å². The molecule has 4 rings (SSSR count). The Kier molecular flexibility index (Phi) is 8.55. The highest BCUT2D eigenvalue weighted by molar-refractivity contribution is 7.09. The first-order chi connectivity index (χ1) is 16.6. The number of amides is 1. The predicted octanol–water partition coefficient (Wildman–Crippen LogP) is 4.37. The van der Waals surface area contributed by atoms with Crippen LogP contribution in [0, 0.1) is 0 Å². The van der Waals surface area contributed by atoms with Crippen molar-refractivity contribution in [1.82, 2.24) is 15.6 Å². The van der Waals surface area contributed by atoms with Crippen molar-refractivity contribution in [3.05, 3.63) is 76.2 Å². The van der Waals surface area contributed by atoms with Crippen LogP contribution < -0.4 is 20.3 Å². The average Bonchev–Trinajstić information content (AvgIpc) is 3.41. The molecule has 180 valence electrons. The lowest BCUT2D eigenvalue weighted by Crippen LogP contribution is -2.43. The molecule has 1 amide bonds. The molecule has 0 radical (unpaired) electrons. The van der Waals surface area contributed by atoms with Crippen LogP contribution in [0.2, 0.25) is 0 Å². The van der Waals surface area contributed by atoms with E-state index in [2.05, 4.69) is 51.7 Å². The number of carbonyl (C=O) groups excluding carboxylic acids is 1. The first-order valence-corrected chi connectivity index (χ1v) is 12.9. The molecule has 1 aromatic heterocycles. The largest absolute Gasteiger partial charge is 0.496 e. The molecule has 1 saturated heterocycles. The minimum absolute atomic E-state index is 0.0453. The zero-order chi connectivity index (χ0) is 23.8. The van der Waals surface area contributed by atoms with Gasteiger partial charge in [-0.2, -0.15) is 0 Å². The van der Waals surface area contributed by atoms with Crippen LogP contribution in [-0.2, 0) is 17.6 Å². The number of nitrogens with zero attached hydrogens (tertiary/aromatic N) is 2. The van der Waals surface area contributed by atoms with Gasteiger partial charge in [0, 0.05) is 42.9 Å². The van der Waals surface area contributed by atoms with Gasteiger partial charge >= 0.3 is 0 Å². The molecular formula is C27H34N4O2S. The molecule has 1 aliphatic rings. The highest BCUT2D eigenvalue weighted by Gasteiger charge is 2.22. The van der Waals surface area contributed by atoms with Crippen molar-refractivity contribution in [3.8, 4) is 5.75 Å². The third-order valence-corrected chi connectivity index (χ3v) is 7.34. The standard InChI is InChI=1S/C27H34N4O2S/c1-20(27-29-15-18-34-27)30-23-12-16-31(17-13-23)24-9-7-21(8-10-24)19-26(32)28-14-11-22-5-3-4-6-25(22)33-2/h3-10,15,18,20,23,30H,11-14,16-17,19H2,1-2H3,(H,28,32). The van der Waals surface area contributed by atoms with E-state index < -0.39 is 0 Å². The molecule has 2 aromatic carbocycles. The van der Waals surface area contributed by atoms with Crippen molar-refractivity contribution in [1.29, 1.82) is 0 Å². The lowest BCUT2D eigenvalue weighted by molar-refractivity contribution is -0.120.